The number of aryl methyl sites for hydroxylation is 3. The Balaban J connectivity index is 1.74. The van der Waals surface area contributed by atoms with Crippen LogP contribution >= 0.6 is 11.6 Å². The van der Waals surface area contributed by atoms with Crippen LogP contribution in [-0.2, 0) is 6.42 Å². The van der Waals surface area contributed by atoms with E-state index < -0.39 is 11.6 Å². The number of aromatic nitrogens is 3. The second-order valence-electron chi connectivity index (χ2n) is 8.07. The fourth-order valence-corrected chi connectivity index (χ4v) is 4.60. The van der Waals surface area contributed by atoms with Crippen LogP contribution in [0.25, 0.3) is 10.9 Å². The Labute approximate surface area is 183 Å². The molecule has 0 aliphatic carbocycles. The number of nitrogens with one attached hydrogen (secondary N) is 1. The first kappa shape index (κ1) is 19.9. The molecule has 31 heavy (non-hydrogen) atoms. The average molecular weight is 439 g/mol. The number of H-pyrrole nitrogens is 1. The first-order chi connectivity index (χ1) is 14.8. The van der Waals surface area contributed by atoms with Crippen molar-refractivity contribution < 1.29 is 8.78 Å². The molecule has 2 aromatic heterocycles. The average Bonchev–Trinajstić information content (AvgIpc) is 3.13. The zero-order valence-electron chi connectivity index (χ0n) is 17.4. The fourth-order valence-electron chi connectivity index (χ4n) is 4.44. The van der Waals surface area contributed by atoms with Crippen LogP contribution < -0.4 is 4.90 Å². The van der Waals surface area contributed by atoms with E-state index in [4.69, 9.17) is 11.6 Å². The molecule has 1 aliphatic heterocycles. The van der Waals surface area contributed by atoms with Gasteiger partial charge in [0.15, 0.2) is 11.6 Å². The monoisotopic (exact) mass is 438 g/mol. The van der Waals surface area contributed by atoms with E-state index in [1.165, 1.54) is 0 Å². The minimum Gasteiger partial charge on any atom is -0.356 e. The third-order valence-electron chi connectivity index (χ3n) is 6.00. The van der Waals surface area contributed by atoms with E-state index in [0.29, 0.717) is 41.2 Å². The predicted octanol–water partition coefficient (Wildman–Crippen LogP) is 5.97. The lowest BCUT2D eigenvalue weighted by molar-refractivity contribution is 0.575. The van der Waals surface area contributed by atoms with Crippen LogP contribution in [0.5, 0.6) is 0 Å². The summed E-state index contributed by atoms with van der Waals surface area (Å²) >= 11 is 6.08. The number of hydrogen-bond acceptors (Lipinski definition) is 3. The standard InChI is InChI=1S/C24H21ClF2N4/c1-12-4-6-15(7-5-12)23-22-16(19-18(30-22)9-8-17(25)21(19)27)10-11-31(23)24-28-13(2)20(26)14(3)29-24/h4-9,23,30H,10-11H2,1-3H3. The molecule has 4 aromatic rings. The number of halogens is 3. The molecule has 0 spiro atoms. The van der Waals surface area contributed by atoms with Gasteiger partial charge in [-0.3, -0.25) is 0 Å². The van der Waals surface area contributed by atoms with Gasteiger partial charge in [0.05, 0.1) is 22.5 Å². The van der Waals surface area contributed by atoms with Crippen LogP contribution in [0, 0.1) is 32.4 Å². The number of nitrogens with zero attached hydrogens (tertiary/aromatic N) is 3. The third kappa shape index (κ3) is 3.17. The summed E-state index contributed by atoms with van der Waals surface area (Å²) < 4.78 is 29.1. The summed E-state index contributed by atoms with van der Waals surface area (Å²) in [5.41, 5.74) is 5.29. The van der Waals surface area contributed by atoms with Crippen molar-refractivity contribution in [3.63, 3.8) is 0 Å². The summed E-state index contributed by atoms with van der Waals surface area (Å²) in [6, 6.07) is 11.3. The number of aromatic amines is 1. The normalized spacial score (nSPS) is 16.1. The molecule has 1 atom stereocenters. The first-order valence-electron chi connectivity index (χ1n) is 10.2. The fraction of sp³-hybridized carbons (Fsp3) is 0.250. The van der Waals surface area contributed by atoms with Crippen molar-refractivity contribution in [2.45, 2.75) is 33.2 Å². The Morgan fingerprint density at radius 3 is 2.32 bits per heavy atom. The van der Waals surface area contributed by atoms with Crippen molar-refractivity contribution in [2.75, 3.05) is 11.4 Å². The van der Waals surface area contributed by atoms with Gasteiger partial charge < -0.3 is 9.88 Å². The maximum absolute atomic E-state index is 14.9. The quantitative estimate of drug-likeness (QED) is 0.419. The summed E-state index contributed by atoms with van der Waals surface area (Å²) in [6.45, 7) is 5.88. The van der Waals surface area contributed by atoms with Crippen molar-refractivity contribution in [2.24, 2.45) is 0 Å². The molecular weight excluding hydrogens is 418 g/mol. The number of hydrogen-bond donors (Lipinski definition) is 1. The molecule has 0 bridgehead atoms. The van der Waals surface area contributed by atoms with Crippen LogP contribution in [-0.4, -0.2) is 21.5 Å². The van der Waals surface area contributed by atoms with E-state index in [1.54, 1.807) is 26.0 Å². The highest BCUT2D eigenvalue weighted by Crippen LogP contribution is 2.41. The first-order valence-corrected chi connectivity index (χ1v) is 10.6. The highest BCUT2D eigenvalue weighted by Gasteiger charge is 2.34. The van der Waals surface area contributed by atoms with Crippen molar-refractivity contribution in [3.8, 4) is 0 Å². The van der Waals surface area contributed by atoms with Gasteiger partial charge in [-0.25, -0.2) is 18.7 Å². The molecule has 4 nitrogen and oxygen atoms in total. The van der Waals surface area contributed by atoms with E-state index in [9.17, 15) is 8.78 Å². The van der Waals surface area contributed by atoms with E-state index in [1.807, 2.05) is 19.1 Å². The summed E-state index contributed by atoms with van der Waals surface area (Å²) in [7, 11) is 0. The Bertz CT molecular complexity index is 1290. The lowest BCUT2D eigenvalue weighted by atomic mass is 9.92. The van der Waals surface area contributed by atoms with E-state index in [0.717, 1.165) is 22.4 Å². The molecule has 0 amide bonds. The molecule has 0 radical (unpaired) electrons. The zero-order chi connectivity index (χ0) is 21.9. The van der Waals surface area contributed by atoms with Gasteiger partial charge in [-0.2, -0.15) is 0 Å². The van der Waals surface area contributed by atoms with Gasteiger partial charge >= 0.3 is 0 Å². The number of rotatable bonds is 2. The Kier molecular flexibility index (Phi) is 4.70. The lowest BCUT2D eigenvalue weighted by Crippen LogP contribution is -2.37. The van der Waals surface area contributed by atoms with Gasteiger partial charge in [-0.05, 0) is 50.5 Å². The van der Waals surface area contributed by atoms with Gasteiger partial charge in [0.25, 0.3) is 0 Å². The summed E-state index contributed by atoms with van der Waals surface area (Å²) in [4.78, 5) is 14.4. The van der Waals surface area contributed by atoms with Crippen LogP contribution in [0.4, 0.5) is 14.7 Å². The predicted molar refractivity (Wildman–Crippen MR) is 119 cm³/mol. The molecule has 0 saturated heterocycles. The molecule has 0 fully saturated rings. The van der Waals surface area contributed by atoms with Crippen LogP contribution in [0.1, 0.15) is 39.8 Å². The molecule has 1 aliphatic rings. The van der Waals surface area contributed by atoms with Gasteiger partial charge in [0.2, 0.25) is 5.95 Å². The SMILES string of the molecule is Cc1ccc(C2c3[nH]c4ccc(Cl)c(F)c4c3CCN2c2nc(C)c(F)c(C)n2)cc1. The van der Waals surface area contributed by atoms with Gasteiger partial charge in [-0.1, -0.05) is 41.4 Å². The largest absolute Gasteiger partial charge is 0.356 e. The van der Waals surface area contributed by atoms with E-state index in [2.05, 4.69) is 32.0 Å². The Hall–Kier alpha value is -2.99. The minimum atomic E-state index is -0.405. The van der Waals surface area contributed by atoms with Crippen LogP contribution in [0.2, 0.25) is 5.02 Å². The zero-order valence-corrected chi connectivity index (χ0v) is 18.2. The molecule has 1 N–H and O–H groups in total. The molecule has 3 heterocycles. The molecule has 7 heteroatoms. The smallest absolute Gasteiger partial charge is 0.226 e. The van der Waals surface area contributed by atoms with Gasteiger partial charge in [0.1, 0.15) is 0 Å². The summed E-state index contributed by atoms with van der Waals surface area (Å²) in [5.74, 6) is -0.335. The Morgan fingerprint density at radius 2 is 1.65 bits per heavy atom. The molecule has 2 aromatic carbocycles. The van der Waals surface area contributed by atoms with Crippen molar-refractivity contribution in [3.05, 3.63) is 86.8 Å². The number of benzene rings is 2. The third-order valence-corrected chi connectivity index (χ3v) is 6.29. The lowest BCUT2D eigenvalue weighted by Gasteiger charge is -2.36. The molecule has 5 rings (SSSR count). The molecule has 0 saturated carbocycles. The number of anilines is 1. The molecular formula is C24H21ClF2N4. The second kappa shape index (κ2) is 7.31. The highest BCUT2D eigenvalue weighted by atomic mass is 35.5. The topological polar surface area (TPSA) is 44.8 Å². The maximum atomic E-state index is 14.9. The van der Waals surface area contributed by atoms with Crippen molar-refractivity contribution in [1.29, 1.82) is 0 Å². The van der Waals surface area contributed by atoms with Crippen molar-refractivity contribution >= 4 is 28.5 Å². The molecule has 1 unspecified atom stereocenters. The van der Waals surface area contributed by atoms with Gasteiger partial charge in [0, 0.05) is 23.1 Å². The second-order valence-corrected chi connectivity index (χ2v) is 8.47. The van der Waals surface area contributed by atoms with Gasteiger partial charge in [-0.15, -0.1) is 0 Å². The minimum absolute atomic E-state index is 0.108. The van der Waals surface area contributed by atoms with Crippen LogP contribution in [0.15, 0.2) is 36.4 Å². The van der Waals surface area contributed by atoms with Crippen molar-refractivity contribution in [1.82, 2.24) is 15.0 Å². The maximum Gasteiger partial charge on any atom is 0.226 e. The summed E-state index contributed by atoms with van der Waals surface area (Å²) in [6.07, 6.45) is 0.591. The summed E-state index contributed by atoms with van der Waals surface area (Å²) in [5, 5.41) is 0.642. The van der Waals surface area contributed by atoms with Crippen LogP contribution in [0.3, 0.4) is 0 Å². The van der Waals surface area contributed by atoms with E-state index in [-0.39, 0.29) is 11.1 Å². The molecule has 158 valence electrons. The Morgan fingerprint density at radius 1 is 0.968 bits per heavy atom. The highest BCUT2D eigenvalue weighted by molar-refractivity contribution is 6.31. The van der Waals surface area contributed by atoms with E-state index >= 15 is 0 Å². The number of fused-ring (bicyclic) bond motifs is 3.